The lowest BCUT2D eigenvalue weighted by Gasteiger charge is -2.39. The lowest BCUT2D eigenvalue weighted by atomic mass is 9.83. The third kappa shape index (κ3) is 6.33. The number of nitrogens with zero attached hydrogens (tertiary/aromatic N) is 2. The summed E-state index contributed by atoms with van der Waals surface area (Å²) in [4.78, 5) is 15.8. The maximum absolute atomic E-state index is 13.2. The minimum atomic E-state index is -0.0163. The first-order valence-corrected chi connectivity index (χ1v) is 11.9. The van der Waals surface area contributed by atoms with Gasteiger partial charge in [0.05, 0.1) is 24.1 Å². The average molecular weight is 461 g/mol. The predicted molar refractivity (Wildman–Crippen MR) is 130 cm³/mol. The van der Waals surface area contributed by atoms with Crippen LogP contribution in [0, 0.1) is 11.8 Å². The van der Waals surface area contributed by atoms with Crippen LogP contribution in [0.4, 0.5) is 0 Å². The van der Waals surface area contributed by atoms with Gasteiger partial charge >= 0.3 is 0 Å². The van der Waals surface area contributed by atoms with E-state index < -0.39 is 0 Å². The maximum Gasteiger partial charge on any atom is 0.255 e. The van der Waals surface area contributed by atoms with Crippen LogP contribution in [-0.4, -0.2) is 59.9 Å². The number of aromatic amines is 1. The van der Waals surface area contributed by atoms with Crippen molar-refractivity contribution in [3.05, 3.63) is 42.1 Å². The Morgan fingerprint density at radius 2 is 2.00 bits per heavy atom. The van der Waals surface area contributed by atoms with Gasteiger partial charge in [-0.05, 0) is 51.0 Å². The molecule has 2 N–H and O–H groups in total. The smallest absolute Gasteiger partial charge is 0.255 e. The first-order valence-electron chi connectivity index (χ1n) is 11.9. The van der Waals surface area contributed by atoms with E-state index in [1.54, 1.807) is 6.20 Å². The van der Waals surface area contributed by atoms with Crippen molar-refractivity contribution in [2.45, 2.75) is 51.5 Å². The Kier molecular flexibility index (Phi) is 9.57. The molecule has 4 rings (SSSR count). The van der Waals surface area contributed by atoms with E-state index in [0.29, 0.717) is 17.4 Å². The van der Waals surface area contributed by atoms with E-state index in [9.17, 15) is 4.79 Å². The molecule has 0 spiro atoms. The summed E-state index contributed by atoms with van der Waals surface area (Å²) >= 11 is 0. The van der Waals surface area contributed by atoms with Gasteiger partial charge in [-0.15, -0.1) is 12.4 Å². The third-order valence-electron chi connectivity index (χ3n) is 6.83. The Morgan fingerprint density at radius 3 is 2.81 bits per heavy atom. The van der Waals surface area contributed by atoms with Gasteiger partial charge in [-0.3, -0.25) is 9.89 Å². The van der Waals surface area contributed by atoms with Crippen LogP contribution in [0.15, 0.2) is 36.5 Å². The zero-order valence-electron chi connectivity index (χ0n) is 19.1. The first-order chi connectivity index (χ1) is 15.2. The Hall–Kier alpha value is -1.89. The fourth-order valence-corrected chi connectivity index (χ4v) is 5.21. The van der Waals surface area contributed by atoms with E-state index in [-0.39, 0.29) is 24.4 Å². The van der Waals surface area contributed by atoms with Gasteiger partial charge in [-0.2, -0.15) is 5.10 Å². The van der Waals surface area contributed by atoms with Gasteiger partial charge in [0.15, 0.2) is 0 Å². The molecule has 0 bridgehead atoms. The van der Waals surface area contributed by atoms with Crippen molar-refractivity contribution < 1.29 is 9.53 Å². The van der Waals surface area contributed by atoms with Crippen LogP contribution in [0.1, 0.15) is 55.8 Å². The van der Waals surface area contributed by atoms with Crippen LogP contribution >= 0.6 is 12.4 Å². The van der Waals surface area contributed by atoms with Crippen LogP contribution in [0.2, 0.25) is 0 Å². The largest absolute Gasteiger partial charge is 0.381 e. The molecule has 1 saturated heterocycles. The van der Waals surface area contributed by atoms with E-state index in [4.69, 9.17) is 4.74 Å². The van der Waals surface area contributed by atoms with Crippen molar-refractivity contribution in [1.82, 2.24) is 20.4 Å². The van der Waals surface area contributed by atoms with E-state index >= 15 is 0 Å². The number of nitrogens with one attached hydrogen (secondary N) is 2. The number of rotatable bonds is 8. The quantitative estimate of drug-likeness (QED) is 0.606. The van der Waals surface area contributed by atoms with Crippen molar-refractivity contribution in [3.63, 3.8) is 0 Å². The van der Waals surface area contributed by atoms with Gasteiger partial charge in [-0.25, -0.2) is 0 Å². The molecule has 1 aliphatic carbocycles. The number of amides is 1. The molecule has 6 nitrogen and oxygen atoms in total. The maximum atomic E-state index is 13.2. The summed E-state index contributed by atoms with van der Waals surface area (Å²) in [6, 6.07) is 10.2. The van der Waals surface area contributed by atoms with E-state index in [1.807, 2.05) is 30.3 Å². The van der Waals surface area contributed by atoms with Crippen molar-refractivity contribution in [3.8, 4) is 11.3 Å². The number of benzene rings is 1. The average Bonchev–Trinajstić information content (AvgIpc) is 3.30. The molecule has 32 heavy (non-hydrogen) atoms. The van der Waals surface area contributed by atoms with Crippen molar-refractivity contribution >= 4 is 18.3 Å². The van der Waals surface area contributed by atoms with Gasteiger partial charge < -0.3 is 15.0 Å². The lowest BCUT2D eigenvalue weighted by Crippen LogP contribution is -2.48. The molecule has 2 fully saturated rings. The molecule has 0 unspecified atom stereocenters. The molecular formula is C25H37ClN4O2. The number of carbonyl (C=O) groups is 1. The fourth-order valence-electron chi connectivity index (χ4n) is 5.21. The molecule has 2 heterocycles. The van der Waals surface area contributed by atoms with Crippen LogP contribution < -0.4 is 5.32 Å². The normalized spacial score (nSPS) is 24.0. The number of likely N-dealkylation sites (tertiary alicyclic amines) is 1. The zero-order chi connectivity index (χ0) is 21.5. The minimum Gasteiger partial charge on any atom is -0.381 e. The SMILES string of the molecule is CCOC[C@@H]1CCCN(C[C@H]2CCCC[C@@H]2NC(=O)c2cn[nH]c2-c2ccccc2)C1.Cl. The summed E-state index contributed by atoms with van der Waals surface area (Å²) in [5, 5.41) is 10.5. The molecule has 3 atom stereocenters. The van der Waals surface area contributed by atoms with E-state index in [0.717, 1.165) is 44.0 Å². The van der Waals surface area contributed by atoms with Crippen molar-refractivity contribution in [2.24, 2.45) is 11.8 Å². The summed E-state index contributed by atoms with van der Waals surface area (Å²) in [6.07, 6.45) is 8.86. The van der Waals surface area contributed by atoms with Crippen LogP contribution in [-0.2, 0) is 4.74 Å². The summed E-state index contributed by atoms with van der Waals surface area (Å²) in [6.45, 7) is 7.10. The highest BCUT2D eigenvalue weighted by Gasteiger charge is 2.31. The molecule has 2 aromatic rings. The van der Waals surface area contributed by atoms with Crippen molar-refractivity contribution in [2.75, 3.05) is 32.8 Å². The van der Waals surface area contributed by atoms with Gasteiger partial charge in [-0.1, -0.05) is 43.2 Å². The summed E-state index contributed by atoms with van der Waals surface area (Å²) in [7, 11) is 0. The van der Waals surface area contributed by atoms with E-state index in [2.05, 4.69) is 27.3 Å². The molecule has 1 aromatic carbocycles. The molecule has 0 radical (unpaired) electrons. The highest BCUT2D eigenvalue weighted by atomic mass is 35.5. The fraction of sp³-hybridized carbons (Fsp3) is 0.600. The molecule has 1 saturated carbocycles. The molecular weight excluding hydrogens is 424 g/mol. The second kappa shape index (κ2) is 12.4. The Morgan fingerprint density at radius 1 is 1.19 bits per heavy atom. The summed E-state index contributed by atoms with van der Waals surface area (Å²) in [5.74, 6) is 1.14. The van der Waals surface area contributed by atoms with Gasteiger partial charge in [0, 0.05) is 31.3 Å². The number of carbonyl (C=O) groups excluding carboxylic acids is 1. The van der Waals surface area contributed by atoms with Crippen LogP contribution in [0.25, 0.3) is 11.3 Å². The van der Waals surface area contributed by atoms with Gasteiger partial charge in [0.2, 0.25) is 0 Å². The highest BCUT2D eigenvalue weighted by Crippen LogP contribution is 2.28. The molecule has 1 aliphatic heterocycles. The third-order valence-corrected chi connectivity index (χ3v) is 6.83. The number of piperidine rings is 1. The van der Waals surface area contributed by atoms with Gasteiger partial charge in [0.25, 0.3) is 5.91 Å². The zero-order valence-corrected chi connectivity index (χ0v) is 19.9. The number of H-pyrrole nitrogens is 1. The van der Waals surface area contributed by atoms with Gasteiger partial charge in [0.1, 0.15) is 0 Å². The predicted octanol–water partition coefficient (Wildman–Crippen LogP) is 4.54. The highest BCUT2D eigenvalue weighted by molar-refractivity contribution is 5.99. The summed E-state index contributed by atoms with van der Waals surface area (Å²) in [5.41, 5.74) is 2.41. The van der Waals surface area contributed by atoms with E-state index in [1.165, 1.54) is 38.6 Å². The molecule has 176 valence electrons. The topological polar surface area (TPSA) is 70.2 Å². The number of ether oxygens (including phenoxy) is 1. The first kappa shape index (κ1) is 24.7. The summed E-state index contributed by atoms with van der Waals surface area (Å²) < 4.78 is 5.68. The number of aromatic nitrogens is 2. The number of halogens is 1. The second-order valence-corrected chi connectivity index (χ2v) is 9.08. The van der Waals surface area contributed by atoms with Crippen LogP contribution in [0.5, 0.6) is 0 Å². The Labute approximate surface area is 197 Å². The Balaban J connectivity index is 0.00000289. The lowest BCUT2D eigenvalue weighted by molar-refractivity contribution is 0.0548. The van der Waals surface area contributed by atoms with Crippen molar-refractivity contribution in [1.29, 1.82) is 0 Å². The number of hydrogen-bond acceptors (Lipinski definition) is 4. The Bertz CT molecular complexity index is 828. The minimum absolute atomic E-state index is 0. The molecule has 1 aromatic heterocycles. The molecule has 1 amide bonds. The molecule has 2 aliphatic rings. The second-order valence-electron chi connectivity index (χ2n) is 9.08. The molecule has 7 heteroatoms. The monoisotopic (exact) mass is 460 g/mol. The van der Waals surface area contributed by atoms with Crippen LogP contribution in [0.3, 0.4) is 0 Å². The standard InChI is InChI=1S/C25H36N4O2.ClH/c1-2-31-18-19-9-8-14-29(16-19)17-21-12-6-7-13-23(21)27-25(30)22-15-26-28-24(22)20-10-4-3-5-11-20;/h3-5,10-11,15,19,21,23H,2,6-9,12-14,16-18H2,1H3,(H,26,28)(H,27,30);1H/t19-,21-,23+;/m1./s1. The number of hydrogen-bond donors (Lipinski definition) is 2.